The predicted octanol–water partition coefficient (Wildman–Crippen LogP) is 5.35. The first-order valence-corrected chi connectivity index (χ1v) is 16.9. The van der Waals surface area contributed by atoms with E-state index in [4.69, 9.17) is 4.74 Å². The molecule has 0 unspecified atom stereocenters. The summed E-state index contributed by atoms with van der Waals surface area (Å²) in [6.07, 6.45) is 9.09. The molecule has 7 atom stereocenters. The maximum atomic E-state index is 14.1. The first-order chi connectivity index (χ1) is 21.5. The third kappa shape index (κ3) is 4.50. The summed E-state index contributed by atoms with van der Waals surface area (Å²) in [5.41, 5.74) is 2.09. The zero-order valence-electron chi connectivity index (χ0n) is 25.9. The molecular weight excluding hydrogens is 593 g/mol. The van der Waals surface area contributed by atoms with Crippen molar-refractivity contribution in [3.8, 4) is 5.69 Å². The summed E-state index contributed by atoms with van der Waals surface area (Å²) >= 11 is 1.02. The number of rotatable bonds is 6. The van der Waals surface area contributed by atoms with Crippen molar-refractivity contribution in [3.05, 3.63) is 77.1 Å². The first-order valence-electron chi connectivity index (χ1n) is 15.9. The van der Waals surface area contributed by atoms with E-state index < -0.39 is 23.1 Å². The molecule has 0 aliphatic heterocycles. The highest BCUT2D eigenvalue weighted by atomic mass is 32.2. The van der Waals surface area contributed by atoms with Gasteiger partial charge in [0.15, 0.2) is 5.60 Å². The van der Waals surface area contributed by atoms with Gasteiger partial charge < -0.3 is 19.5 Å². The fraction of sp³-hybridized carbons (Fsp3) is 0.514. The molecule has 3 saturated carbocycles. The Bertz CT molecular complexity index is 1680. The number of esters is 1. The van der Waals surface area contributed by atoms with Crippen LogP contribution in [0.3, 0.4) is 0 Å². The smallest absolute Gasteiger partial charge is 0.355 e. The molecule has 10 heteroatoms. The first kappa shape index (κ1) is 30.4. The molecule has 3 aromatic rings. The largest absolute Gasteiger partial charge is 0.445 e. The molecule has 7 rings (SSSR count). The van der Waals surface area contributed by atoms with Crippen molar-refractivity contribution in [2.24, 2.45) is 35.6 Å². The van der Waals surface area contributed by atoms with Crippen molar-refractivity contribution >= 4 is 28.9 Å². The second-order valence-corrected chi connectivity index (χ2v) is 14.9. The number of aliphatic hydroxyl groups is 2. The number of nitrogens with zero attached hydrogens (tertiary/aromatic N) is 3. The number of aliphatic hydroxyl groups excluding tert-OH is 2. The maximum absolute atomic E-state index is 14.1. The lowest BCUT2D eigenvalue weighted by molar-refractivity contribution is -0.174. The van der Waals surface area contributed by atoms with Crippen LogP contribution in [0.4, 0.5) is 4.39 Å². The number of halogens is 1. The van der Waals surface area contributed by atoms with Crippen LogP contribution in [0.5, 0.6) is 0 Å². The Hall–Kier alpha value is -3.21. The number of allylic oxidation sites excluding steroid dienone is 1. The van der Waals surface area contributed by atoms with E-state index in [1.54, 1.807) is 42.1 Å². The van der Waals surface area contributed by atoms with Gasteiger partial charge in [0.1, 0.15) is 11.5 Å². The van der Waals surface area contributed by atoms with Crippen LogP contribution < -0.4 is 0 Å². The standard InChI is InChI=1S/C35H40FN3O5S/c1-33-18-21-20-37-39(24-9-7-23(36)8-10-24)28(21)17-22(33)6-11-25-26-12-13-35(32(43)45-16-15-40,34(26,2)19-29(41)30(25)33)44-31(42)27-5-4-14-38(27)3/h4-5,7-10,14,17,20,25-26,29-30,40-41H,6,11-13,15-16,18-19H2,1-3H3/t25-,26-,29-,30+,33+,34-,35-/m0/s1. The minimum absolute atomic E-state index is 0.0301. The van der Waals surface area contributed by atoms with E-state index in [2.05, 4.69) is 18.1 Å². The van der Waals surface area contributed by atoms with Crippen LogP contribution in [-0.2, 0) is 23.0 Å². The van der Waals surface area contributed by atoms with Crippen LogP contribution in [0, 0.1) is 34.4 Å². The molecule has 2 heterocycles. The number of carbonyl (C=O) groups is 2. The molecule has 2 aromatic heterocycles. The van der Waals surface area contributed by atoms with Gasteiger partial charge in [-0.25, -0.2) is 13.9 Å². The van der Waals surface area contributed by atoms with E-state index in [0.717, 1.165) is 54.4 Å². The minimum Gasteiger partial charge on any atom is -0.445 e. The summed E-state index contributed by atoms with van der Waals surface area (Å²) in [6.45, 7) is 4.15. The summed E-state index contributed by atoms with van der Waals surface area (Å²) < 4.78 is 23.5. The topological polar surface area (TPSA) is 107 Å². The summed E-state index contributed by atoms with van der Waals surface area (Å²) in [5.74, 6) is -0.428. The van der Waals surface area contributed by atoms with E-state index >= 15 is 0 Å². The molecular formula is C35H40FN3O5S. The Labute approximate surface area is 266 Å². The Morgan fingerprint density at radius 3 is 2.67 bits per heavy atom. The number of benzene rings is 1. The Morgan fingerprint density at radius 1 is 1.18 bits per heavy atom. The predicted molar refractivity (Wildman–Crippen MR) is 169 cm³/mol. The Morgan fingerprint density at radius 2 is 1.96 bits per heavy atom. The van der Waals surface area contributed by atoms with Gasteiger partial charge in [-0.15, -0.1) is 0 Å². The molecule has 3 fully saturated rings. The lowest BCUT2D eigenvalue weighted by Crippen LogP contribution is -2.62. The van der Waals surface area contributed by atoms with Gasteiger partial charge in [0.25, 0.3) is 0 Å². The third-order valence-corrected chi connectivity index (χ3v) is 12.7. The summed E-state index contributed by atoms with van der Waals surface area (Å²) in [4.78, 5) is 27.6. The van der Waals surface area contributed by atoms with Crippen LogP contribution in [0.25, 0.3) is 11.8 Å². The van der Waals surface area contributed by atoms with E-state index in [-0.39, 0.29) is 46.5 Å². The van der Waals surface area contributed by atoms with Gasteiger partial charge in [0.05, 0.1) is 30.3 Å². The van der Waals surface area contributed by atoms with Gasteiger partial charge in [-0.3, -0.25) is 4.79 Å². The van der Waals surface area contributed by atoms with Crippen LogP contribution in [-0.4, -0.2) is 59.7 Å². The molecule has 0 amide bonds. The highest BCUT2D eigenvalue weighted by molar-refractivity contribution is 8.13. The number of thioether (sulfide) groups is 1. The zero-order chi connectivity index (χ0) is 31.7. The van der Waals surface area contributed by atoms with Crippen LogP contribution in [0.1, 0.15) is 67.7 Å². The molecule has 238 valence electrons. The molecule has 8 nitrogen and oxygen atoms in total. The molecule has 4 aliphatic rings. The molecule has 0 saturated heterocycles. The summed E-state index contributed by atoms with van der Waals surface area (Å²) in [5, 5.41) is 26.1. The van der Waals surface area contributed by atoms with Gasteiger partial charge >= 0.3 is 5.97 Å². The van der Waals surface area contributed by atoms with E-state index in [1.165, 1.54) is 17.7 Å². The van der Waals surface area contributed by atoms with Crippen LogP contribution >= 0.6 is 11.8 Å². The fourth-order valence-corrected chi connectivity index (χ4v) is 10.5. The number of aryl methyl sites for hydroxylation is 1. The molecule has 45 heavy (non-hydrogen) atoms. The summed E-state index contributed by atoms with van der Waals surface area (Å²) in [7, 11) is 1.77. The normalized spacial score (nSPS) is 33.4. The van der Waals surface area contributed by atoms with Gasteiger partial charge in [-0.2, -0.15) is 5.10 Å². The van der Waals surface area contributed by atoms with Gasteiger partial charge in [-0.05, 0) is 110 Å². The molecule has 0 spiro atoms. The second-order valence-electron chi connectivity index (χ2n) is 13.8. The van der Waals surface area contributed by atoms with Gasteiger partial charge in [0, 0.05) is 24.4 Å². The minimum atomic E-state index is -1.40. The number of carbonyl (C=O) groups excluding carboxylic acids is 2. The fourth-order valence-electron chi connectivity index (χ4n) is 9.64. The van der Waals surface area contributed by atoms with Crippen molar-refractivity contribution in [2.45, 2.75) is 64.1 Å². The number of hydrogen-bond donors (Lipinski definition) is 2. The van der Waals surface area contributed by atoms with E-state index in [0.29, 0.717) is 18.5 Å². The monoisotopic (exact) mass is 633 g/mol. The van der Waals surface area contributed by atoms with E-state index in [9.17, 15) is 24.2 Å². The number of ether oxygens (including phenoxy) is 1. The van der Waals surface area contributed by atoms with Crippen molar-refractivity contribution in [3.63, 3.8) is 0 Å². The maximum Gasteiger partial charge on any atom is 0.355 e. The van der Waals surface area contributed by atoms with Crippen molar-refractivity contribution in [1.82, 2.24) is 14.3 Å². The quantitative estimate of drug-likeness (QED) is 0.353. The highest BCUT2D eigenvalue weighted by Crippen LogP contribution is 2.69. The average molecular weight is 634 g/mol. The number of fused-ring (bicyclic) bond motifs is 6. The van der Waals surface area contributed by atoms with Crippen molar-refractivity contribution in [2.75, 3.05) is 12.4 Å². The van der Waals surface area contributed by atoms with Crippen LogP contribution in [0.15, 0.2) is 54.4 Å². The lowest BCUT2D eigenvalue weighted by atomic mass is 9.45. The number of hydrogen-bond acceptors (Lipinski definition) is 7. The van der Waals surface area contributed by atoms with Crippen molar-refractivity contribution < 1.29 is 28.9 Å². The van der Waals surface area contributed by atoms with Crippen molar-refractivity contribution in [1.29, 1.82) is 0 Å². The second kappa shape index (κ2) is 11.0. The molecule has 4 aliphatic carbocycles. The Kier molecular flexibility index (Phi) is 7.41. The van der Waals surface area contributed by atoms with Crippen LogP contribution in [0.2, 0.25) is 0 Å². The van der Waals surface area contributed by atoms with E-state index in [1.807, 2.05) is 17.8 Å². The average Bonchev–Trinajstić information content (AvgIpc) is 3.70. The molecule has 1 aromatic carbocycles. The lowest BCUT2D eigenvalue weighted by Gasteiger charge is -2.60. The molecule has 0 radical (unpaired) electrons. The molecule has 2 N–H and O–H groups in total. The van der Waals surface area contributed by atoms with Gasteiger partial charge in [-0.1, -0.05) is 31.2 Å². The molecule has 0 bridgehead atoms. The zero-order valence-corrected chi connectivity index (χ0v) is 26.7. The Balaban J connectivity index is 1.23. The van der Waals surface area contributed by atoms with Gasteiger partial charge in [0.2, 0.25) is 5.12 Å². The summed E-state index contributed by atoms with van der Waals surface area (Å²) in [6, 6.07) is 9.80. The number of aromatic nitrogens is 3. The third-order valence-electron chi connectivity index (χ3n) is 11.7. The SMILES string of the molecule is Cn1cccc1C(=O)O[C@]1(C(=O)SCCO)CC[C@H]2[C@@H]3CCC4=Cc5c(cnn5-c5ccc(F)cc5)C[C@@]4(C)[C@H]3[C@@H](O)C[C@@]21C. The highest BCUT2D eigenvalue weighted by Gasteiger charge is 2.70.